The lowest BCUT2D eigenvalue weighted by molar-refractivity contribution is 0.739. The molecular formula is C8H14N4. The van der Waals surface area contributed by atoms with Crippen molar-refractivity contribution in [2.24, 2.45) is 0 Å². The van der Waals surface area contributed by atoms with E-state index in [1.165, 1.54) is 0 Å². The number of hydrogen-bond donors (Lipinski definition) is 1. The average molecular weight is 166 g/mol. The summed E-state index contributed by atoms with van der Waals surface area (Å²) >= 11 is 0. The molecule has 1 aromatic heterocycles. The smallest absolute Gasteiger partial charge is 0.223 e. The van der Waals surface area contributed by atoms with Gasteiger partial charge in [0.1, 0.15) is 11.6 Å². The Bertz CT molecular complexity index is 270. The SMILES string of the molecule is CCc1nc(N)nc(C(C)C)n1. The van der Waals surface area contributed by atoms with Crippen LogP contribution in [0.25, 0.3) is 0 Å². The van der Waals surface area contributed by atoms with E-state index in [2.05, 4.69) is 15.0 Å². The molecule has 0 aliphatic heterocycles. The summed E-state index contributed by atoms with van der Waals surface area (Å²) in [4.78, 5) is 12.3. The molecule has 0 unspecified atom stereocenters. The highest BCUT2D eigenvalue weighted by Gasteiger charge is 2.05. The quantitative estimate of drug-likeness (QED) is 0.715. The first-order valence-corrected chi connectivity index (χ1v) is 4.13. The normalized spacial score (nSPS) is 10.7. The lowest BCUT2D eigenvalue weighted by atomic mass is 10.2. The lowest BCUT2D eigenvalue weighted by Crippen LogP contribution is -2.07. The van der Waals surface area contributed by atoms with Gasteiger partial charge in [0.05, 0.1) is 0 Å². The average Bonchev–Trinajstić information content (AvgIpc) is 2.03. The lowest BCUT2D eigenvalue weighted by Gasteiger charge is -2.05. The molecule has 4 heteroatoms. The molecule has 0 saturated heterocycles. The van der Waals surface area contributed by atoms with Gasteiger partial charge in [0.25, 0.3) is 0 Å². The molecule has 1 aromatic rings. The summed E-state index contributed by atoms with van der Waals surface area (Å²) in [6, 6.07) is 0. The first-order chi connectivity index (χ1) is 5.63. The molecule has 0 aromatic carbocycles. The second-order valence-electron chi connectivity index (χ2n) is 2.98. The van der Waals surface area contributed by atoms with E-state index in [-0.39, 0.29) is 0 Å². The van der Waals surface area contributed by atoms with Crippen LogP contribution in [0, 0.1) is 0 Å². The molecule has 0 amide bonds. The van der Waals surface area contributed by atoms with Crippen LogP contribution in [0.15, 0.2) is 0 Å². The minimum absolute atomic E-state index is 0.306. The number of anilines is 1. The molecule has 0 fully saturated rings. The predicted molar refractivity (Wildman–Crippen MR) is 47.7 cm³/mol. The first-order valence-electron chi connectivity index (χ1n) is 4.13. The molecular weight excluding hydrogens is 152 g/mol. The van der Waals surface area contributed by atoms with E-state index in [1.807, 2.05) is 20.8 Å². The van der Waals surface area contributed by atoms with Gasteiger partial charge in [-0.05, 0) is 0 Å². The van der Waals surface area contributed by atoms with Crippen LogP contribution in [0.1, 0.15) is 38.3 Å². The summed E-state index contributed by atoms with van der Waals surface area (Å²) in [7, 11) is 0. The monoisotopic (exact) mass is 166 g/mol. The van der Waals surface area contributed by atoms with Crippen LogP contribution in [0.4, 0.5) is 5.95 Å². The largest absolute Gasteiger partial charge is 0.368 e. The van der Waals surface area contributed by atoms with Gasteiger partial charge in [0, 0.05) is 12.3 Å². The molecule has 0 aliphatic carbocycles. The van der Waals surface area contributed by atoms with E-state index >= 15 is 0 Å². The van der Waals surface area contributed by atoms with Gasteiger partial charge in [-0.2, -0.15) is 9.97 Å². The van der Waals surface area contributed by atoms with Crippen molar-refractivity contribution < 1.29 is 0 Å². The Labute approximate surface area is 72.3 Å². The van der Waals surface area contributed by atoms with Crippen molar-refractivity contribution in [3.63, 3.8) is 0 Å². The summed E-state index contributed by atoms with van der Waals surface area (Å²) in [6.45, 7) is 6.07. The van der Waals surface area contributed by atoms with E-state index in [9.17, 15) is 0 Å². The van der Waals surface area contributed by atoms with Gasteiger partial charge in [0.2, 0.25) is 5.95 Å². The molecule has 0 aliphatic rings. The minimum atomic E-state index is 0.306. The van der Waals surface area contributed by atoms with Crippen LogP contribution in [0.3, 0.4) is 0 Å². The highest BCUT2D eigenvalue weighted by molar-refractivity contribution is 5.16. The van der Waals surface area contributed by atoms with Crippen LogP contribution >= 0.6 is 0 Å². The molecule has 66 valence electrons. The second-order valence-corrected chi connectivity index (χ2v) is 2.98. The first kappa shape index (κ1) is 8.90. The zero-order valence-corrected chi connectivity index (χ0v) is 7.70. The fourth-order valence-corrected chi connectivity index (χ4v) is 0.873. The molecule has 12 heavy (non-hydrogen) atoms. The summed E-state index contributed by atoms with van der Waals surface area (Å²) in [6.07, 6.45) is 0.798. The number of nitrogens with two attached hydrogens (primary N) is 1. The van der Waals surface area contributed by atoms with Crippen molar-refractivity contribution in [3.05, 3.63) is 11.6 Å². The number of nitrogen functional groups attached to an aromatic ring is 1. The van der Waals surface area contributed by atoms with Crippen molar-refractivity contribution in [2.75, 3.05) is 5.73 Å². The van der Waals surface area contributed by atoms with E-state index in [4.69, 9.17) is 5.73 Å². The van der Waals surface area contributed by atoms with Crippen LogP contribution in [-0.4, -0.2) is 15.0 Å². The summed E-state index contributed by atoms with van der Waals surface area (Å²) in [5.41, 5.74) is 5.51. The third-order valence-electron chi connectivity index (χ3n) is 1.55. The van der Waals surface area contributed by atoms with Crippen molar-refractivity contribution >= 4 is 5.95 Å². The minimum Gasteiger partial charge on any atom is -0.368 e. The van der Waals surface area contributed by atoms with Crippen molar-refractivity contribution in [1.29, 1.82) is 0 Å². The molecule has 4 nitrogen and oxygen atoms in total. The fraction of sp³-hybridized carbons (Fsp3) is 0.625. The van der Waals surface area contributed by atoms with Gasteiger partial charge in [0.15, 0.2) is 0 Å². The van der Waals surface area contributed by atoms with Crippen LogP contribution in [-0.2, 0) is 6.42 Å². The third kappa shape index (κ3) is 1.90. The highest BCUT2D eigenvalue weighted by Crippen LogP contribution is 2.09. The molecule has 0 atom stereocenters. The summed E-state index contributed by atoms with van der Waals surface area (Å²) < 4.78 is 0. The Morgan fingerprint density at radius 2 is 1.92 bits per heavy atom. The zero-order valence-electron chi connectivity index (χ0n) is 7.70. The standard InChI is InChI=1S/C8H14N4/c1-4-6-10-7(5(2)3)12-8(9)11-6/h5H,4H2,1-3H3,(H2,9,10,11,12). The van der Waals surface area contributed by atoms with Gasteiger partial charge >= 0.3 is 0 Å². The molecule has 0 bridgehead atoms. The van der Waals surface area contributed by atoms with Crippen molar-refractivity contribution in [1.82, 2.24) is 15.0 Å². The topological polar surface area (TPSA) is 64.7 Å². The maximum Gasteiger partial charge on any atom is 0.223 e. The summed E-state index contributed by atoms with van der Waals surface area (Å²) in [5.74, 6) is 2.18. The van der Waals surface area contributed by atoms with Gasteiger partial charge in [-0.3, -0.25) is 0 Å². The highest BCUT2D eigenvalue weighted by atomic mass is 15.1. The summed E-state index contributed by atoms with van der Waals surface area (Å²) in [5, 5.41) is 0. The fourth-order valence-electron chi connectivity index (χ4n) is 0.873. The Morgan fingerprint density at radius 1 is 1.25 bits per heavy atom. The van der Waals surface area contributed by atoms with E-state index < -0.39 is 0 Å². The molecule has 1 heterocycles. The van der Waals surface area contributed by atoms with E-state index in [0.29, 0.717) is 11.9 Å². The molecule has 0 spiro atoms. The zero-order chi connectivity index (χ0) is 9.14. The Morgan fingerprint density at radius 3 is 2.42 bits per heavy atom. The molecule has 0 saturated carbocycles. The van der Waals surface area contributed by atoms with E-state index in [0.717, 1.165) is 18.1 Å². The number of rotatable bonds is 2. The Balaban J connectivity index is 3.06. The van der Waals surface area contributed by atoms with Crippen molar-refractivity contribution in [3.8, 4) is 0 Å². The van der Waals surface area contributed by atoms with E-state index in [1.54, 1.807) is 0 Å². The molecule has 1 rings (SSSR count). The van der Waals surface area contributed by atoms with Crippen molar-refractivity contribution in [2.45, 2.75) is 33.1 Å². The number of aromatic nitrogens is 3. The second kappa shape index (κ2) is 3.47. The number of nitrogens with zero attached hydrogens (tertiary/aromatic N) is 3. The molecule has 0 radical (unpaired) electrons. The van der Waals surface area contributed by atoms with Gasteiger partial charge in [-0.15, -0.1) is 0 Å². The van der Waals surface area contributed by atoms with Gasteiger partial charge in [-0.25, -0.2) is 4.98 Å². The van der Waals surface area contributed by atoms with Gasteiger partial charge < -0.3 is 5.73 Å². The third-order valence-corrected chi connectivity index (χ3v) is 1.55. The van der Waals surface area contributed by atoms with Crippen LogP contribution in [0.5, 0.6) is 0 Å². The number of hydrogen-bond acceptors (Lipinski definition) is 4. The Kier molecular flexibility index (Phi) is 2.58. The maximum atomic E-state index is 5.51. The van der Waals surface area contributed by atoms with Gasteiger partial charge in [-0.1, -0.05) is 20.8 Å². The number of aryl methyl sites for hydroxylation is 1. The Hall–Kier alpha value is -1.19. The predicted octanol–water partition coefficient (Wildman–Crippen LogP) is 1.14. The maximum absolute atomic E-state index is 5.51. The van der Waals surface area contributed by atoms with Crippen LogP contribution < -0.4 is 5.73 Å². The van der Waals surface area contributed by atoms with Crippen LogP contribution in [0.2, 0.25) is 0 Å². The molecule has 2 N–H and O–H groups in total.